The third-order valence-electron chi connectivity index (χ3n) is 3.75. The second-order valence-corrected chi connectivity index (χ2v) is 5.33. The van der Waals surface area contributed by atoms with Crippen molar-refractivity contribution < 1.29 is 19.0 Å². The average Bonchev–Trinajstić information content (AvgIpc) is 2.65. The van der Waals surface area contributed by atoms with E-state index in [-0.39, 0.29) is 5.91 Å². The van der Waals surface area contributed by atoms with Crippen LogP contribution in [0.25, 0.3) is 6.08 Å². The van der Waals surface area contributed by atoms with Crippen molar-refractivity contribution in [3.05, 3.63) is 53.6 Å². The molecule has 1 amide bonds. The highest BCUT2D eigenvalue weighted by Gasteiger charge is 2.10. The largest absolute Gasteiger partial charge is 0.496 e. The molecule has 0 bridgehead atoms. The van der Waals surface area contributed by atoms with Gasteiger partial charge in [0.15, 0.2) is 11.5 Å². The fraction of sp³-hybridized carbons (Fsp3) is 0.250. The Hall–Kier alpha value is -2.95. The average molecular weight is 341 g/mol. The SMILES string of the molecule is CCc1cccc(NC(=O)/C=C/c2cc(OC)c(OC)cc2OC)c1. The highest BCUT2D eigenvalue weighted by Crippen LogP contribution is 2.35. The van der Waals surface area contributed by atoms with Gasteiger partial charge in [-0.05, 0) is 36.3 Å². The molecule has 2 rings (SSSR count). The van der Waals surface area contributed by atoms with Crippen molar-refractivity contribution in [3.63, 3.8) is 0 Å². The summed E-state index contributed by atoms with van der Waals surface area (Å²) in [7, 11) is 4.69. The van der Waals surface area contributed by atoms with Gasteiger partial charge in [-0.2, -0.15) is 0 Å². The summed E-state index contributed by atoms with van der Waals surface area (Å²) in [6, 6.07) is 11.3. The third-order valence-corrected chi connectivity index (χ3v) is 3.75. The summed E-state index contributed by atoms with van der Waals surface area (Å²) in [5, 5.41) is 2.85. The van der Waals surface area contributed by atoms with Crippen LogP contribution in [0.1, 0.15) is 18.1 Å². The normalized spacial score (nSPS) is 10.6. The summed E-state index contributed by atoms with van der Waals surface area (Å²) >= 11 is 0. The number of hydrogen-bond acceptors (Lipinski definition) is 4. The Morgan fingerprint density at radius 1 is 1.00 bits per heavy atom. The first-order chi connectivity index (χ1) is 12.1. The predicted octanol–water partition coefficient (Wildman–Crippen LogP) is 3.93. The third kappa shape index (κ3) is 4.76. The molecule has 25 heavy (non-hydrogen) atoms. The number of hydrogen-bond donors (Lipinski definition) is 1. The van der Waals surface area contributed by atoms with Gasteiger partial charge in [0.05, 0.1) is 21.3 Å². The lowest BCUT2D eigenvalue weighted by molar-refractivity contribution is -0.111. The zero-order valence-corrected chi connectivity index (χ0v) is 15.0. The minimum Gasteiger partial charge on any atom is -0.496 e. The van der Waals surface area contributed by atoms with Crippen molar-refractivity contribution in [2.24, 2.45) is 0 Å². The minimum absolute atomic E-state index is 0.218. The highest BCUT2D eigenvalue weighted by atomic mass is 16.5. The second kappa shape index (κ2) is 8.78. The van der Waals surface area contributed by atoms with Gasteiger partial charge in [0, 0.05) is 23.4 Å². The lowest BCUT2D eigenvalue weighted by atomic mass is 10.1. The van der Waals surface area contributed by atoms with Crippen LogP contribution in [-0.2, 0) is 11.2 Å². The maximum Gasteiger partial charge on any atom is 0.248 e. The molecular formula is C20H23NO4. The topological polar surface area (TPSA) is 56.8 Å². The number of ether oxygens (including phenoxy) is 3. The number of carbonyl (C=O) groups is 1. The van der Waals surface area contributed by atoms with Crippen molar-refractivity contribution in [1.29, 1.82) is 0 Å². The lowest BCUT2D eigenvalue weighted by Crippen LogP contribution is -2.07. The van der Waals surface area contributed by atoms with Gasteiger partial charge in [0.1, 0.15) is 5.75 Å². The molecule has 0 unspecified atom stereocenters. The minimum atomic E-state index is -0.218. The van der Waals surface area contributed by atoms with E-state index in [2.05, 4.69) is 12.2 Å². The summed E-state index contributed by atoms with van der Waals surface area (Å²) in [5.41, 5.74) is 2.66. The number of rotatable bonds is 7. The van der Waals surface area contributed by atoms with Crippen molar-refractivity contribution in [3.8, 4) is 17.2 Å². The number of methoxy groups -OCH3 is 3. The summed E-state index contributed by atoms with van der Waals surface area (Å²) < 4.78 is 15.9. The first-order valence-corrected chi connectivity index (χ1v) is 7.99. The zero-order valence-electron chi connectivity index (χ0n) is 15.0. The molecule has 1 N–H and O–H groups in total. The Balaban J connectivity index is 2.18. The van der Waals surface area contributed by atoms with E-state index in [1.54, 1.807) is 39.5 Å². The fourth-order valence-electron chi connectivity index (χ4n) is 2.40. The molecule has 0 aliphatic heterocycles. The van der Waals surface area contributed by atoms with Crippen LogP contribution in [-0.4, -0.2) is 27.2 Å². The number of benzene rings is 2. The van der Waals surface area contributed by atoms with E-state index in [0.29, 0.717) is 17.2 Å². The molecular weight excluding hydrogens is 318 g/mol. The number of anilines is 1. The standard InChI is InChI=1S/C20H23NO4/c1-5-14-7-6-8-16(11-14)21-20(22)10-9-15-12-18(24-3)19(25-4)13-17(15)23-2/h6-13H,5H2,1-4H3,(H,21,22)/b10-9+. The van der Waals surface area contributed by atoms with Gasteiger partial charge in [-0.3, -0.25) is 4.79 Å². The number of aryl methyl sites for hydroxylation is 1. The van der Waals surface area contributed by atoms with E-state index in [4.69, 9.17) is 14.2 Å². The summed E-state index contributed by atoms with van der Waals surface area (Å²) in [6.45, 7) is 2.07. The van der Waals surface area contributed by atoms with Crippen LogP contribution in [0.4, 0.5) is 5.69 Å². The fourth-order valence-corrected chi connectivity index (χ4v) is 2.40. The van der Waals surface area contributed by atoms with Crippen LogP contribution in [0.5, 0.6) is 17.2 Å². The zero-order chi connectivity index (χ0) is 18.2. The van der Waals surface area contributed by atoms with Crippen LogP contribution >= 0.6 is 0 Å². The molecule has 0 heterocycles. The molecule has 2 aromatic carbocycles. The molecule has 0 aromatic heterocycles. The Morgan fingerprint density at radius 3 is 2.32 bits per heavy atom. The van der Waals surface area contributed by atoms with Crippen LogP contribution in [0.2, 0.25) is 0 Å². The van der Waals surface area contributed by atoms with Gasteiger partial charge in [-0.1, -0.05) is 19.1 Å². The molecule has 0 saturated heterocycles. The van der Waals surface area contributed by atoms with Crippen LogP contribution in [0, 0.1) is 0 Å². The van der Waals surface area contributed by atoms with Gasteiger partial charge >= 0.3 is 0 Å². The van der Waals surface area contributed by atoms with Crippen LogP contribution in [0.15, 0.2) is 42.5 Å². The molecule has 5 nitrogen and oxygen atoms in total. The Morgan fingerprint density at radius 2 is 1.68 bits per heavy atom. The lowest BCUT2D eigenvalue weighted by Gasteiger charge is -2.12. The van der Waals surface area contributed by atoms with E-state index in [1.807, 2.05) is 24.3 Å². The summed E-state index contributed by atoms with van der Waals surface area (Å²) in [4.78, 5) is 12.2. The molecule has 0 radical (unpaired) electrons. The van der Waals surface area contributed by atoms with E-state index in [0.717, 1.165) is 17.7 Å². The van der Waals surface area contributed by atoms with Crippen LogP contribution in [0.3, 0.4) is 0 Å². The van der Waals surface area contributed by atoms with Gasteiger partial charge in [-0.15, -0.1) is 0 Å². The van der Waals surface area contributed by atoms with E-state index < -0.39 is 0 Å². The van der Waals surface area contributed by atoms with Gasteiger partial charge in [0.25, 0.3) is 0 Å². The maximum absolute atomic E-state index is 12.2. The maximum atomic E-state index is 12.2. The molecule has 0 atom stereocenters. The van der Waals surface area contributed by atoms with E-state index in [9.17, 15) is 4.79 Å². The summed E-state index contributed by atoms with van der Waals surface area (Å²) in [5.74, 6) is 1.51. The van der Waals surface area contributed by atoms with Crippen molar-refractivity contribution >= 4 is 17.7 Å². The van der Waals surface area contributed by atoms with Gasteiger partial charge in [0.2, 0.25) is 5.91 Å². The Labute approximate surface area is 148 Å². The molecule has 132 valence electrons. The number of nitrogens with one attached hydrogen (secondary N) is 1. The van der Waals surface area contributed by atoms with Crippen LogP contribution < -0.4 is 19.5 Å². The first kappa shape index (κ1) is 18.4. The predicted molar refractivity (Wildman–Crippen MR) is 99.6 cm³/mol. The van der Waals surface area contributed by atoms with Gasteiger partial charge < -0.3 is 19.5 Å². The second-order valence-electron chi connectivity index (χ2n) is 5.33. The number of amides is 1. The molecule has 0 saturated carbocycles. The van der Waals surface area contributed by atoms with E-state index in [1.165, 1.54) is 11.6 Å². The molecule has 0 aliphatic rings. The molecule has 5 heteroatoms. The van der Waals surface area contributed by atoms with E-state index >= 15 is 0 Å². The molecule has 2 aromatic rings. The first-order valence-electron chi connectivity index (χ1n) is 7.99. The Bertz CT molecular complexity index is 768. The summed E-state index contributed by atoms with van der Waals surface area (Å²) in [6.07, 6.45) is 4.06. The monoisotopic (exact) mass is 341 g/mol. The quantitative estimate of drug-likeness (QED) is 0.775. The van der Waals surface area contributed by atoms with Crippen molar-refractivity contribution in [2.45, 2.75) is 13.3 Å². The number of carbonyl (C=O) groups excluding carboxylic acids is 1. The smallest absolute Gasteiger partial charge is 0.248 e. The molecule has 0 fully saturated rings. The highest BCUT2D eigenvalue weighted by molar-refractivity contribution is 6.02. The Kier molecular flexibility index (Phi) is 6.46. The molecule has 0 spiro atoms. The van der Waals surface area contributed by atoms with Crippen molar-refractivity contribution in [1.82, 2.24) is 0 Å². The van der Waals surface area contributed by atoms with Gasteiger partial charge in [-0.25, -0.2) is 0 Å². The van der Waals surface area contributed by atoms with Crippen molar-refractivity contribution in [2.75, 3.05) is 26.6 Å². The molecule has 0 aliphatic carbocycles.